The van der Waals surface area contributed by atoms with E-state index in [1.807, 2.05) is 60.7 Å². The van der Waals surface area contributed by atoms with Crippen LogP contribution in [0.25, 0.3) is 0 Å². The van der Waals surface area contributed by atoms with E-state index in [2.05, 4.69) is 9.98 Å². The minimum absolute atomic E-state index is 0.00810. The molecule has 0 spiro atoms. The maximum absolute atomic E-state index is 11.8. The van der Waals surface area contributed by atoms with E-state index in [4.69, 9.17) is 11.5 Å². The van der Waals surface area contributed by atoms with Crippen molar-refractivity contribution in [3.63, 3.8) is 0 Å². The number of allylic oxidation sites excluding steroid dienone is 6. The summed E-state index contributed by atoms with van der Waals surface area (Å²) in [5.41, 5.74) is 17.4. The summed E-state index contributed by atoms with van der Waals surface area (Å²) in [6.07, 6.45) is 9.68. The van der Waals surface area contributed by atoms with Gasteiger partial charge < -0.3 is 11.5 Å². The Kier molecular flexibility index (Phi) is 6.70. The number of fused-ring (bicyclic) bond motifs is 1. The van der Waals surface area contributed by atoms with Crippen LogP contribution >= 0.6 is 0 Å². The van der Waals surface area contributed by atoms with Crippen molar-refractivity contribution in [2.75, 3.05) is 11.5 Å². The summed E-state index contributed by atoms with van der Waals surface area (Å²) in [5.74, 6) is 0.0121. The van der Waals surface area contributed by atoms with Gasteiger partial charge in [-0.15, -0.1) is 0 Å². The van der Waals surface area contributed by atoms with Gasteiger partial charge in [0.15, 0.2) is 11.6 Å². The van der Waals surface area contributed by atoms with E-state index in [0.29, 0.717) is 16.9 Å². The molecule has 5 rings (SSSR count). The molecule has 6 nitrogen and oxygen atoms in total. The summed E-state index contributed by atoms with van der Waals surface area (Å²) in [7, 11) is 0. The Morgan fingerprint density at radius 3 is 1.65 bits per heavy atom. The molecule has 0 saturated carbocycles. The summed E-state index contributed by atoms with van der Waals surface area (Å²) in [4.78, 5) is 31.5. The zero-order chi connectivity index (χ0) is 23.9. The van der Waals surface area contributed by atoms with Gasteiger partial charge in [-0.05, 0) is 85.0 Å². The molecule has 0 aliphatic heterocycles. The van der Waals surface area contributed by atoms with E-state index in [1.165, 1.54) is 12.2 Å². The van der Waals surface area contributed by atoms with E-state index >= 15 is 0 Å². The smallest absolute Gasteiger partial charge is 0.186 e. The summed E-state index contributed by atoms with van der Waals surface area (Å²) in [6, 6.07) is 22.1. The first-order valence-corrected chi connectivity index (χ1v) is 10.6. The molecule has 2 aliphatic carbocycles. The lowest BCUT2D eigenvalue weighted by Gasteiger charge is -2.11. The van der Waals surface area contributed by atoms with Gasteiger partial charge in [0.1, 0.15) is 0 Å². The normalized spacial score (nSPS) is 15.1. The Morgan fingerprint density at radius 2 is 1.06 bits per heavy atom. The van der Waals surface area contributed by atoms with Gasteiger partial charge in [0.25, 0.3) is 0 Å². The molecule has 0 aromatic heterocycles. The molecule has 0 saturated heterocycles. The standard InChI is InChI=1S/C16H12N2O.C12H10N2O/c17-11-5-7-12(8-6-11)18-15-9-10-16(19)14-4-2-1-3-13(14)15;13-9-1-3-10(4-2-9)14-11-5-7-12(15)8-6-11/h1-10H,17H2;1-8H,13H2. The molecule has 166 valence electrons. The van der Waals surface area contributed by atoms with Crippen LogP contribution in [-0.4, -0.2) is 23.0 Å². The number of nitrogen functional groups attached to an aromatic ring is 2. The third-order valence-corrected chi connectivity index (χ3v) is 4.99. The van der Waals surface area contributed by atoms with Crippen LogP contribution in [0.4, 0.5) is 22.7 Å². The number of aliphatic imine (C=N–C) groups is 2. The topological polar surface area (TPSA) is 111 Å². The number of anilines is 2. The van der Waals surface area contributed by atoms with E-state index in [0.717, 1.165) is 28.4 Å². The number of rotatable bonds is 2. The summed E-state index contributed by atoms with van der Waals surface area (Å²) in [5, 5.41) is 0. The Labute approximate surface area is 197 Å². The van der Waals surface area contributed by atoms with E-state index in [-0.39, 0.29) is 11.6 Å². The average molecular weight is 447 g/mol. The van der Waals surface area contributed by atoms with Crippen molar-refractivity contribution in [1.29, 1.82) is 0 Å². The molecule has 4 N–H and O–H groups in total. The van der Waals surface area contributed by atoms with Gasteiger partial charge in [-0.3, -0.25) is 9.59 Å². The third-order valence-electron chi connectivity index (χ3n) is 4.99. The maximum Gasteiger partial charge on any atom is 0.186 e. The number of carbonyl (C=O) groups excluding carboxylic acids is 2. The lowest BCUT2D eigenvalue weighted by Crippen LogP contribution is -2.11. The highest BCUT2D eigenvalue weighted by molar-refractivity contribution is 6.24. The quantitative estimate of drug-likeness (QED) is 0.417. The molecule has 3 aromatic rings. The highest BCUT2D eigenvalue weighted by Crippen LogP contribution is 2.21. The molecule has 0 radical (unpaired) electrons. The molecule has 0 atom stereocenters. The second-order valence-electron chi connectivity index (χ2n) is 7.53. The number of benzene rings is 3. The molecule has 3 aromatic carbocycles. The van der Waals surface area contributed by atoms with Crippen LogP contribution in [0.3, 0.4) is 0 Å². The van der Waals surface area contributed by atoms with E-state index in [9.17, 15) is 9.59 Å². The lowest BCUT2D eigenvalue weighted by atomic mass is 9.94. The maximum atomic E-state index is 11.8. The van der Waals surface area contributed by atoms with Crippen LogP contribution < -0.4 is 11.5 Å². The Morgan fingerprint density at radius 1 is 0.529 bits per heavy atom. The number of hydrogen-bond donors (Lipinski definition) is 2. The van der Waals surface area contributed by atoms with Crippen LogP contribution in [0, 0.1) is 0 Å². The largest absolute Gasteiger partial charge is 0.399 e. The van der Waals surface area contributed by atoms with E-state index in [1.54, 1.807) is 36.4 Å². The van der Waals surface area contributed by atoms with Crippen molar-refractivity contribution >= 4 is 45.7 Å². The fraction of sp³-hybridized carbons (Fsp3) is 0. The van der Waals surface area contributed by atoms with Gasteiger partial charge in [-0.2, -0.15) is 0 Å². The summed E-state index contributed by atoms with van der Waals surface area (Å²) >= 11 is 0. The molecular formula is C28H22N4O2. The highest BCUT2D eigenvalue weighted by Gasteiger charge is 2.16. The molecule has 0 amide bonds. The average Bonchev–Trinajstić information content (AvgIpc) is 2.86. The third kappa shape index (κ3) is 5.69. The summed E-state index contributed by atoms with van der Waals surface area (Å²) in [6.45, 7) is 0. The lowest BCUT2D eigenvalue weighted by molar-refractivity contribution is -0.110. The van der Waals surface area contributed by atoms with Crippen molar-refractivity contribution in [3.05, 3.63) is 120 Å². The number of hydrogen-bond acceptors (Lipinski definition) is 6. The van der Waals surface area contributed by atoms with Gasteiger partial charge in [0, 0.05) is 22.5 Å². The Hall–Kier alpha value is -4.84. The van der Waals surface area contributed by atoms with Gasteiger partial charge in [0.05, 0.1) is 22.8 Å². The first kappa shape index (κ1) is 22.4. The Bertz CT molecular complexity index is 1360. The Balaban J connectivity index is 0.000000166. The van der Waals surface area contributed by atoms with Crippen molar-refractivity contribution in [2.45, 2.75) is 0 Å². The molecule has 0 fully saturated rings. The zero-order valence-electron chi connectivity index (χ0n) is 18.3. The van der Waals surface area contributed by atoms with Crippen molar-refractivity contribution in [2.24, 2.45) is 9.98 Å². The monoisotopic (exact) mass is 446 g/mol. The van der Waals surface area contributed by atoms with Gasteiger partial charge in [-0.25, -0.2) is 9.98 Å². The molecule has 6 heteroatoms. The number of ketones is 2. The fourth-order valence-corrected chi connectivity index (χ4v) is 3.26. The molecule has 0 bridgehead atoms. The van der Waals surface area contributed by atoms with Crippen LogP contribution in [0.5, 0.6) is 0 Å². The first-order chi connectivity index (χ1) is 16.5. The van der Waals surface area contributed by atoms with Gasteiger partial charge >= 0.3 is 0 Å². The fourth-order valence-electron chi connectivity index (χ4n) is 3.26. The zero-order valence-corrected chi connectivity index (χ0v) is 18.3. The van der Waals surface area contributed by atoms with Crippen molar-refractivity contribution in [3.8, 4) is 0 Å². The predicted octanol–water partition coefficient (Wildman–Crippen LogP) is 5.18. The molecule has 0 unspecified atom stereocenters. The van der Waals surface area contributed by atoms with Crippen LogP contribution in [0.2, 0.25) is 0 Å². The van der Waals surface area contributed by atoms with Crippen LogP contribution in [-0.2, 0) is 4.79 Å². The van der Waals surface area contributed by atoms with Crippen LogP contribution in [0.15, 0.2) is 119 Å². The predicted molar refractivity (Wildman–Crippen MR) is 138 cm³/mol. The molecule has 2 aliphatic rings. The highest BCUT2D eigenvalue weighted by atomic mass is 16.1. The van der Waals surface area contributed by atoms with Gasteiger partial charge in [-0.1, -0.05) is 24.3 Å². The first-order valence-electron chi connectivity index (χ1n) is 10.6. The van der Waals surface area contributed by atoms with Crippen molar-refractivity contribution < 1.29 is 9.59 Å². The van der Waals surface area contributed by atoms with Crippen molar-refractivity contribution in [1.82, 2.24) is 0 Å². The second kappa shape index (κ2) is 10.2. The van der Waals surface area contributed by atoms with Gasteiger partial charge in [0.2, 0.25) is 0 Å². The van der Waals surface area contributed by atoms with E-state index < -0.39 is 0 Å². The minimum Gasteiger partial charge on any atom is -0.399 e. The number of nitrogens with two attached hydrogens (primary N) is 2. The molecule has 0 heterocycles. The minimum atomic E-state index is -0.00810. The van der Waals surface area contributed by atoms with Crippen LogP contribution in [0.1, 0.15) is 15.9 Å². The number of nitrogens with zero attached hydrogens (tertiary/aromatic N) is 2. The second-order valence-corrected chi connectivity index (χ2v) is 7.53. The summed E-state index contributed by atoms with van der Waals surface area (Å²) < 4.78 is 0. The number of carbonyl (C=O) groups is 2. The molecule has 34 heavy (non-hydrogen) atoms. The molecular weight excluding hydrogens is 424 g/mol. The SMILES string of the molecule is Nc1ccc(N=C2C=CC(=O)C=C2)cc1.Nc1ccc(N=C2C=CC(=O)c3ccccc32)cc1.